The molecule has 7 heteroatoms. The van der Waals surface area contributed by atoms with Crippen LogP contribution < -0.4 is 5.32 Å². The lowest BCUT2D eigenvalue weighted by Gasteiger charge is -2.18. The first-order chi connectivity index (χ1) is 14.9. The second-order valence-corrected chi connectivity index (χ2v) is 10.6. The largest absolute Gasteiger partial charge is 0.411 e. The van der Waals surface area contributed by atoms with Gasteiger partial charge in [0.2, 0.25) is 11.8 Å². The number of amides is 1. The van der Waals surface area contributed by atoms with Gasteiger partial charge in [0, 0.05) is 22.2 Å². The quantitative estimate of drug-likeness (QED) is 0.366. The van der Waals surface area contributed by atoms with Crippen molar-refractivity contribution in [3.63, 3.8) is 0 Å². The summed E-state index contributed by atoms with van der Waals surface area (Å²) >= 11 is 1.20. The van der Waals surface area contributed by atoms with Gasteiger partial charge in [0.05, 0.1) is 5.75 Å². The fourth-order valence-corrected chi connectivity index (χ4v) is 3.42. The summed E-state index contributed by atoms with van der Waals surface area (Å²) in [5.74, 6) is 0.475. The van der Waals surface area contributed by atoms with Crippen LogP contribution in [0.15, 0.2) is 58.2 Å². The van der Waals surface area contributed by atoms with Crippen molar-refractivity contribution in [3.05, 3.63) is 59.7 Å². The number of anilines is 1. The molecule has 0 radical (unpaired) electrons. The van der Waals surface area contributed by atoms with Crippen molar-refractivity contribution in [1.29, 1.82) is 0 Å². The first-order valence-electron chi connectivity index (χ1n) is 10.5. The number of hydrogen-bond donors (Lipinski definition) is 1. The predicted molar refractivity (Wildman–Crippen MR) is 128 cm³/mol. The second-order valence-electron chi connectivity index (χ2n) is 9.69. The highest BCUT2D eigenvalue weighted by molar-refractivity contribution is 7.99. The fraction of sp³-hybridized carbons (Fsp3) is 0.360. The zero-order valence-electron chi connectivity index (χ0n) is 19.4. The molecule has 0 atom stereocenters. The summed E-state index contributed by atoms with van der Waals surface area (Å²) in [7, 11) is 0. The van der Waals surface area contributed by atoms with Gasteiger partial charge in [-0.05, 0) is 47.4 Å². The Hall–Kier alpha value is -2.93. The van der Waals surface area contributed by atoms with Crippen LogP contribution in [0.25, 0.3) is 11.5 Å². The van der Waals surface area contributed by atoms with Gasteiger partial charge in [0.15, 0.2) is 5.78 Å². The molecule has 0 saturated carbocycles. The number of ketones is 1. The molecule has 1 heterocycles. The maximum atomic E-state index is 12.5. The number of Topliss-reactive ketones (excluding diaryl/α,β-unsaturated/α-hetero) is 1. The van der Waals surface area contributed by atoms with E-state index in [1.165, 1.54) is 17.3 Å². The molecule has 3 aromatic rings. The van der Waals surface area contributed by atoms with Crippen LogP contribution in [-0.2, 0) is 10.2 Å². The molecule has 168 valence electrons. The lowest BCUT2D eigenvalue weighted by molar-refractivity contribution is -0.123. The van der Waals surface area contributed by atoms with Gasteiger partial charge in [-0.1, -0.05) is 65.4 Å². The van der Waals surface area contributed by atoms with Crippen molar-refractivity contribution in [2.75, 3.05) is 11.1 Å². The van der Waals surface area contributed by atoms with Crippen molar-refractivity contribution in [1.82, 2.24) is 10.2 Å². The number of carbonyl (C=O) groups is 2. The second kappa shape index (κ2) is 9.28. The average Bonchev–Trinajstić information content (AvgIpc) is 3.20. The topological polar surface area (TPSA) is 85.1 Å². The molecule has 0 bridgehead atoms. The summed E-state index contributed by atoms with van der Waals surface area (Å²) in [5.41, 5.74) is 2.88. The maximum absolute atomic E-state index is 12.5. The standard InChI is InChI=1S/C25H29N3O3S/c1-24(2,3)18-11-7-17(8-12-18)21-27-28-23(31-21)32-15-20(29)16-9-13-19(14-10-16)26-22(30)25(4,5)6/h7-14H,15H2,1-6H3,(H,26,30). The third-order valence-electron chi connectivity index (χ3n) is 4.88. The molecule has 1 aromatic heterocycles. The smallest absolute Gasteiger partial charge is 0.277 e. The van der Waals surface area contributed by atoms with Gasteiger partial charge in [-0.15, -0.1) is 10.2 Å². The molecule has 0 aliphatic rings. The van der Waals surface area contributed by atoms with E-state index in [9.17, 15) is 9.59 Å². The van der Waals surface area contributed by atoms with E-state index in [1.54, 1.807) is 24.3 Å². The van der Waals surface area contributed by atoms with Crippen LogP contribution >= 0.6 is 11.8 Å². The molecule has 2 aromatic carbocycles. The minimum Gasteiger partial charge on any atom is -0.411 e. The number of benzene rings is 2. The summed E-state index contributed by atoms with van der Waals surface area (Å²) in [6, 6.07) is 14.9. The van der Waals surface area contributed by atoms with Crippen molar-refractivity contribution >= 4 is 29.1 Å². The Balaban J connectivity index is 1.58. The monoisotopic (exact) mass is 451 g/mol. The Kier molecular flexibility index (Phi) is 6.88. The molecule has 1 amide bonds. The molecule has 3 rings (SSSR count). The summed E-state index contributed by atoms with van der Waals surface area (Å²) in [6.45, 7) is 12.0. The van der Waals surface area contributed by atoms with Gasteiger partial charge in [-0.3, -0.25) is 9.59 Å². The minimum atomic E-state index is -0.483. The Morgan fingerprint density at radius 2 is 1.53 bits per heavy atom. The number of hydrogen-bond acceptors (Lipinski definition) is 6. The molecule has 0 spiro atoms. The van der Waals surface area contributed by atoms with Crippen molar-refractivity contribution in [2.24, 2.45) is 5.41 Å². The van der Waals surface area contributed by atoms with Gasteiger partial charge in [-0.25, -0.2) is 0 Å². The normalized spacial score (nSPS) is 11.9. The number of nitrogens with zero attached hydrogens (tertiary/aromatic N) is 2. The van der Waals surface area contributed by atoms with Crippen LogP contribution in [0.1, 0.15) is 57.5 Å². The van der Waals surface area contributed by atoms with Gasteiger partial charge >= 0.3 is 0 Å². The Morgan fingerprint density at radius 1 is 0.906 bits per heavy atom. The fourth-order valence-electron chi connectivity index (χ4n) is 2.77. The van der Waals surface area contributed by atoms with Gasteiger partial charge < -0.3 is 9.73 Å². The van der Waals surface area contributed by atoms with Gasteiger partial charge in [0.25, 0.3) is 5.22 Å². The van der Waals surface area contributed by atoms with E-state index in [0.29, 0.717) is 22.4 Å². The van der Waals surface area contributed by atoms with E-state index in [4.69, 9.17) is 4.42 Å². The first kappa shape index (κ1) is 23.7. The van der Waals surface area contributed by atoms with E-state index in [2.05, 4.69) is 48.4 Å². The molecule has 0 fully saturated rings. The molecule has 6 nitrogen and oxygen atoms in total. The van der Waals surface area contributed by atoms with Crippen LogP contribution in [0.5, 0.6) is 0 Å². The third-order valence-corrected chi connectivity index (χ3v) is 5.70. The predicted octanol–water partition coefficient (Wildman–Crippen LogP) is 5.99. The van der Waals surface area contributed by atoms with Crippen LogP contribution in [0, 0.1) is 5.41 Å². The van der Waals surface area contributed by atoms with E-state index < -0.39 is 5.41 Å². The van der Waals surface area contributed by atoms with Crippen molar-refractivity contribution < 1.29 is 14.0 Å². The highest BCUT2D eigenvalue weighted by atomic mass is 32.2. The van der Waals surface area contributed by atoms with Crippen molar-refractivity contribution in [3.8, 4) is 11.5 Å². The van der Waals surface area contributed by atoms with Crippen LogP contribution in [0.3, 0.4) is 0 Å². The number of carbonyl (C=O) groups excluding carboxylic acids is 2. The lowest BCUT2D eigenvalue weighted by atomic mass is 9.87. The average molecular weight is 452 g/mol. The Labute approximate surface area is 193 Å². The molecular formula is C25H29N3O3S. The van der Waals surface area contributed by atoms with Crippen LogP contribution in [-0.4, -0.2) is 27.6 Å². The SMILES string of the molecule is CC(C)(C)C(=O)Nc1ccc(C(=O)CSc2nnc(-c3ccc(C(C)(C)C)cc3)o2)cc1. The van der Waals surface area contributed by atoms with E-state index >= 15 is 0 Å². The summed E-state index contributed by atoms with van der Waals surface area (Å²) in [5, 5.41) is 11.3. The van der Waals surface area contributed by atoms with E-state index in [-0.39, 0.29) is 22.9 Å². The van der Waals surface area contributed by atoms with Gasteiger partial charge in [0.1, 0.15) is 0 Å². The minimum absolute atomic E-state index is 0.0574. The molecule has 32 heavy (non-hydrogen) atoms. The molecular weight excluding hydrogens is 422 g/mol. The third kappa shape index (κ3) is 6.07. The first-order valence-corrected chi connectivity index (χ1v) is 11.4. The zero-order chi connectivity index (χ0) is 23.5. The van der Waals surface area contributed by atoms with Crippen molar-refractivity contribution in [2.45, 2.75) is 52.2 Å². The van der Waals surface area contributed by atoms with Gasteiger partial charge in [-0.2, -0.15) is 0 Å². The summed E-state index contributed by atoms with van der Waals surface area (Å²) in [4.78, 5) is 24.6. The zero-order valence-corrected chi connectivity index (χ0v) is 20.2. The summed E-state index contributed by atoms with van der Waals surface area (Å²) in [6.07, 6.45) is 0. The molecule has 0 unspecified atom stereocenters. The number of rotatable bonds is 6. The summed E-state index contributed by atoms with van der Waals surface area (Å²) < 4.78 is 5.72. The highest BCUT2D eigenvalue weighted by Crippen LogP contribution is 2.27. The molecule has 0 aliphatic carbocycles. The molecule has 0 aliphatic heterocycles. The van der Waals surface area contributed by atoms with Crippen LogP contribution in [0.4, 0.5) is 5.69 Å². The molecule has 1 N–H and O–H groups in total. The highest BCUT2D eigenvalue weighted by Gasteiger charge is 2.21. The Bertz CT molecular complexity index is 1090. The number of nitrogens with one attached hydrogen (secondary N) is 1. The van der Waals surface area contributed by atoms with Crippen LogP contribution in [0.2, 0.25) is 0 Å². The molecule has 0 saturated heterocycles. The maximum Gasteiger partial charge on any atom is 0.277 e. The van der Waals surface area contributed by atoms with E-state index in [0.717, 1.165) is 5.56 Å². The van der Waals surface area contributed by atoms with E-state index in [1.807, 2.05) is 32.9 Å². The number of thioether (sulfide) groups is 1. The number of aromatic nitrogens is 2. The Morgan fingerprint density at radius 3 is 2.09 bits per heavy atom. The lowest BCUT2D eigenvalue weighted by Crippen LogP contribution is -2.27.